The molecule has 102 valence electrons. The second kappa shape index (κ2) is 7.10. The van der Waals surface area contributed by atoms with Crippen molar-refractivity contribution >= 4 is 0 Å². The van der Waals surface area contributed by atoms with Crippen LogP contribution in [0.25, 0.3) is 0 Å². The Labute approximate surface area is 114 Å². The predicted octanol–water partition coefficient (Wildman–Crippen LogP) is 2.64. The third kappa shape index (κ3) is 3.68. The minimum Gasteiger partial charge on any atom is -0.474 e. The molecule has 2 rings (SSSR count). The lowest BCUT2D eigenvalue weighted by Gasteiger charge is -2.09. The van der Waals surface area contributed by atoms with Crippen LogP contribution < -0.4 is 4.74 Å². The quantitative estimate of drug-likeness (QED) is 0.707. The van der Waals surface area contributed by atoms with E-state index in [1.807, 2.05) is 6.07 Å². The molecule has 0 radical (unpaired) electrons. The van der Waals surface area contributed by atoms with E-state index in [2.05, 4.69) is 18.0 Å². The van der Waals surface area contributed by atoms with Crippen molar-refractivity contribution in [1.82, 2.24) is 4.98 Å². The van der Waals surface area contributed by atoms with Crippen molar-refractivity contribution in [3.63, 3.8) is 0 Å². The largest absolute Gasteiger partial charge is 0.474 e. The normalized spacial score (nSPS) is 13.1. The third-order valence-corrected chi connectivity index (χ3v) is 3.24. The SMILES string of the molecule is CCCCOCCOc1nc2c(cc1C#N)CCC2. The van der Waals surface area contributed by atoms with E-state index in [4.69, 9.17) is 14.7 Å². The van der Waals surface area contributed by atoms with Crippen LogP contribution in [-0.2, 0) is 17.6 Å². The van der Waals surface area contributed by atoms with Crippen LogP contribution in [0.3, 0.4) is 0 Å². The number of rotatable bonds is 7. The van der Waals surface area contributed by atoms with E-state index in [0.717, 1.165) is 44.4 Å². The van der Waals surface area contributed by atoms with Gasteiger partial charge in [-0.1, -0.05) is 13.3 Å². The maximum absolute atomic E-state index is 9.12. The van der Waals surface area contributed by atoms with E-state index >= 15 is 0 Å². The zero-order valence-corrected chi connectivity index (χ0v) is 11.4. The molecule has 0 amide bonds. The molecule has 0 spiro atoms. The average molecular weight is 260 g/mol. The van der Waals surface area contributed by atoms with Crippen molar-refractivity contribution in [2.45, 2.75) is 39.0 Å². The van der Waals surface area contributed by atoms with E-state index in [9.17, 15) is 0 Å². The van der Waals surface area contributed by atoms with Gasteiger partial charge in [-0.15, -0.1) is 0 Å². The lowest BCUT2D eigenvalue weighted by atomic mass is 10.1. The minimum atomic E-state index is 0.449. The summed E-state index contributed by atoms with van der Waals surface area (Å²) >= 11 is 0. The van der Waals surface area contributed by atoms with Crippen LogP contribution in [0.15, 0.2) is 6.07 Å². The summed E-state index contributed by atoms with van der Waals surface area (Å²) in [4.78, 5) is 4.46. The van der Waals surface area contributed by atoms with Crippen LogP contribution in [0.1, 0.15) is 43.0 Å². The van der Waals surface area contributed by atoms with Crippen molar-refractivity contribution in [2.24, 2.45) is 0 Å². The molecular formula is C15H20N2O2. The Morgan fingerprint density at radius 3 is 3.00 bits per heavy atom. The smallest absolute Gasteiger partial charge is 0.232 e. The molecule has 1 heterocycles. The van der Waals surface area contributed by atoms with E-state index in [1.165, 1.54) is 5.56 Å². The van der Waals surface area contributed by atoms with Crippen LogP contribution in [0.5, 0.6) is 5.88 Å². The Balaban J connectivity index is 1.88. The van der Waals surface area contributed by atoms with Gasteiger partial charge in [-0.3, -0.25) is 0 Å². The van der Waals surface area contributed by atoms with Crippen molar-refractivity contribution in [2.75, 3.05) is 19.8 Å². The Bertz CT molecular complexity index is 466. The zero-order chi connectivity index (χ0) is 13.5. The molecule has 0 fully saturated rings. The first kappa shape index (κ1) is 13.8. The molecule has 4 nitrogen and oxygen atoms in total. The number of nitriles is 1. The third-order valence-electron chi connectivity index (χ3n) is 3.24. The lowest BCUT2D eigenvalue weighted by molar-refractivity contribution is 0.0963. The Kier molecular flexibility index (Phi) is 5.17. The highest BCUT2D eigenvalue weighted by Gasteiger charge is 2.17. The van der Waals surface area contributed by atoms with E-state index in [1.54, 1.807) is 0 Å². The van der Waals surface area contributed by atoms with Gasteiger partial charge in [0, 0.05) is 12.3 Å². The van der Waals surface area contributed by atoms with Crippen LogP contribution in [0.2, 0.25) is 0 Å². The Hall–Kier alpha value is -1.60. The second-order valence-electron chi connectivity index (χ2n) is 4.73. The molecule has 0 N–H and O–H groups in total. The van der Waals surface area contributed by atoms with Gasteiger partial charge in [0.05, 0.1) is 6.61 Å². The molecule has 0 saturated heterocycles. The Morgan fingerprint density at radius 2 is 2.21 bits per heavy atom. The number of aromatic nitrogens is 1. The maximum Gasteiger partial charge on any atom is 0.232 e. The molecule has 1 aliphatic rings. The number of ether oxygens (including phenoxy) is 2. The minimum absolute atomic E-state index is 0.449. The standard InChI is InChI=1S/C15H20N2O2/c1-2-3-7-18-8-9-19-15-13(11-16)10-12-5-4-6-14(12)17-15/h10H,2-9H2,1H3. The molecular weight excluding hydrogens is 240 g/mol. The number of unbranched alkanes of at least 4 members (excludes halogenated alkanes) is 1. The number of aryl methyl sites for hydroxylation is 2. The van der Waals surface area contributed by atoms with Gasteiger partial charge in [0.25, 0.3) is 0 Å². The summed E-state index contributed by atoms with van der Waals surface area (Å²) in [6.07, 6.45) is 5.34. The van der Waals surface area contributed by atoms with E-state index in [0.29, 0.717) is 24.7 Å². The van der Waals surface area contributed by atoms with Gasteiger partial charge in [-0.2, -0.15) is 5.26 Å². The van der Waals surface area contributed by atoms with Gasteiger partial charge in [0.2, 0.25) is 5.88 Å². The van der Waals surface area contributed by atoms with Gasteiger partial charge in [-0.25, -0.2) is 4.98 Å². The van der Waals surface area contributed by atoms with Crippen LogP contribution >= 0.6 is 0 Å². The van der Waals surface area contributed by atoms with E-state index < -0.39 is 0 Å². The number of nitrogens with zero attached hydrogens (tertiary/aromatic N) is 2. The van der Waals surface area contributed by atoms with Gasteiger partial charge in [-0.05, 0) is 37.3 Å². The fourth-order valence-electron chi connectivity index (χ4n) is 2.19. The molecule has 4 heteroatoms. The van der Waals surface area contributed by atoms with Gasteiger partial charge >= 0.3 is 0 Å². The molecule has 0 aliphatic heterocycles. The first-order valence-electron chi connectivity index (χ1n) is 6.98. The average Bonchev–Trinajstić information content (AvgIpc) is 2.88. The molecule has 0 aromatic carbocycles. The lowest BCUT2D eigenvalue weighted by Crippen LogP contribution is -2.10. The summed E-state index contributed by atoms with van der Waals surface area (Å²) in [5.74, 6) is 0.460. The first-order valence-corrected chi connectivity index (χ1v) is 6.98. The van der Waals surface area contributed by atoms with E-state index in [-0.39, 0.29) is 0 Å². The molecule has 19 heavy (non-hydrogen) atoms. The number of hydrogen-bond donors (Lipinski definition) is 0. The summed E-state index contributed by atoms with van der Waals surface area (Å²) in [6, 6.07) is 4.08. The molecule has 0 unspecified atom stereocenters. The molecule has 0 atom stereocenters. The summed E-state index contributed by atoms with van der Waals surface area (Å²) in [5.41, 5.74) is 2.82. The number of hydrogen-bond acceptors (Lipinski definition) is 4. The van der Waals surface area contributed by atoms with Crippen molar-refractivity contribution in [3.05, 3.63) is 22.9 Å². The summed E-state index contributed by atoms with van der Waals surface area (Å²) in [6.45, 7) is 3.89. The summed E-state index contributed by atoms with van der Waals surface area (Å²) in [7, 11) is 0. The van der Waals surface area contributed by atoms with Gasteiger partial charge in [0.15, 0.2) is 0 Å². The maximum atomic E-state index is 9.12. The first-order chi connectivity index (χ1) is 9.35. The van der Waals surface area contributed by atoms with Gasteiger partial charge < -0.3 is 9.47 Å². The number of fused-ring (bicyclic) bond motifs is 1. The molecule has 1 aromatic heterocycles. The Morgan fingerprint density at radius 1 is 1.32 bits per heavy atom. The van der Waals surface area contributed by atoms with Gasteiger partial charge in [0.1, 0.15) is 18.2 Å². The van der Waals surface area contributed by atoms with Crippen LogP contribution in [0.4, 0.5) is 0 Å². The van der Waals surface area contributed by atoms with Crippen LogP contribution in [0, 0.1) is 11.3 Å². The van der Waals surface area contributed by atoms with Crippen molar-refractivity contribution < 1.29 is 9.47 Å². The highest BCUT2D eigenvalue weighted by Crippen LogP contribution is 2.26. The topological polar surface area (TPSA) is 55.1 Å². The van der Waals surface area contributed by atoms with Crippen molar-refractivity contribution in [1.29, 1.82) is 5.26 Å². The fourth-order valence-corrected chi connectivity index (χ4v) is 2.19. The predicted molar refractivity (Wildman–Crippen MR) is 72.2 cm³/mol. The fraction of sp³-hybridized carbons (Fsp3) is 0.600. The molecule has 0 saturated carbocycles. The highest BCUT2D eigenvalue weighted by molar-refractivity contribution is 5.44. The monoisotopic (exact) mass is 260 g/mol. The molecule has 1 aliphatic carbocycles. The molecule has 0 bridgehead atoms. The molecule has 1 aromatic rings. The summed E-state index contributed by atoms with van der Waals surface area (Å²) in [5, 5.41) is 9.12. The highest BCUT2D eigenvalue weighted by atomic mass is 16.5. The van der Waals surface area contributed by atoms with Crippen molar-refractivity contribution in [3.8, 4) is 11.9 Å². The zero-order valence-electron chi connectivity index (χ0n) is 11.4. The number of pyridine rings is 1. The second-order valence-corrected chi connectivity index (χ2v) is 4.73. The summed E-state index contributed by atoms with van der Waals surface area (Å²) < 4.78 is 11.0. The van der Waals surface area contributed by atoms with Crippen LogP contribution in [-0.4, -0.2) is 24.8 Å².